The van der Waals surface area contributed by atoms with E-state index in [2.05, 4.69) is 29.9 Å². The van der Waals surface area contributed by atoms with Gasteiger partial charge in [-0.1, -0.05) is 6.07 Å². The van der Waals surface area contributed by atoms with Crippen LogP contribution in [0.2, 0.25) is 0 Å². The minimum absolute atomic E-state index is 1.14. The number of hydrogen-bond acceptors (Lipinski definition) is 2. The van der Waals surface area contributed by atoms with Gasteiger partial charge >= 0.3 is 0 Å². The molecule has 1 aromatic rings. The van der Waals surface area contributed by atoms with Gasteiger partial charge in [0.15, 0.2) is 0 Å². The molecule has 1 aromatic heterocycles. The van der Waals surface area contributed by atoms with Gasteiger partial charge in [0.1, 0.15) is 5.82 Å². The lowest BCUT2D eigenvalue weighted by molar-refractivity contribution is 0.729. The molecule has 2 rings (SSSR count). The van der Waals surface area contributed by atoms with Gasteiger partial charge in [-0.15, -0.1) is 0 Å². The largest absolute Gasteiger partial charge is 0.359 e. The molecule has 0 N–H and O–H groups in total. The zero-order valence-corrected chi connectivity index (χ0v) is 7.67. The average molecular weight is 162 g/mol. The second-order valence-electron chi connectivity index (χ2n) is 3.52. The smallest absolute Gasteiger partial charge is 0.131 e. The topological polar surface area (TPSA) is 16.1 Å². The molecule has 2 nitrogen and oxygen atoms in total. The number of anilines is 1. The summed E-state index contributed by atoms with van der Waals surface area (Å²) in [5, 5.41) is 0. The fourth-order valence-electron chi connectivity index (χ4n) is 1.76. The van der Waals surface area contributed by atoms with Crippen molar-refractivity contribution in [3.05, 3.63) is 23.4 Å². The second kappa shape index (κ2) is 2.77. The van der Waals surface area contributed by atoms with Crippen LogP contribution < -0.4 is 4.90 Å². The summed E-state index contributed by atoms with van der Waals surface area (Å²) < 4.78 is 0. The van der Waals surface area contributed by atoms with Crippen LogP contribution in [0.25, 0.3) is 0 Å². The highest BCUT2D eigenvalue weighted by Gasteiger charge is 2.13. The molecule has 0 spiro atoms. The number of pyridine rings is 1. The molecule has 0 saturated heterocycles. The maximum absolute atomic E-state index is 4.43. The summed E-state index contributed by atoms with van der Waals surface area (Å²) in [6.07, 6.45) is 4.39. The highest BCUT2D eigenvalue weighted by molar-refractivity contribution is 5.49. The van der Waals surface area contributed by atoms with Gasteiger partial charge in [-0.3, -0.25) is 0 Å². The summed E-state index contributed by atoms with van der Waals surface area (Å²) in [6, 6.07) is 2.25. The van der Waals surface area contributed by atoms with Crippen LogP contribution in [0.15, 0.2) is 12.3 Å². The van der Waals surface area contributed by atoms with E-state index in [0.717, 1.165) is 6.54 Å². The summed E-state index contributed by atoms with van der Waals surface area (Å²) in [5.41, 5.74) is 2.67. The Labute approximate surface area is 73.2 Å². The number of hydrogen-bond donors (Lipinski definition) is 0. The van der Waals surface area contributed by atoms with Gasteiger partial charge in [0.25, 0.3) is 0 Å². The molecule has 12 heavy (non-hydrogen) atoms. The first-order valence-corrected chi connectivity index (χ1v) is 4.44. The third kappa shape index (κ3) is 1.17. The van der Waals surface area contributed by atoms with Crippen molar-refractivity contribution in [2.75, 3.05) is 18.5 Å². The van der Waals surface area contributed by atoms with Crippen LogP contribution in [0.4, 0.5) is 5.82 Å². The van der Waals surface area contributed by atoms with Crippen LogP contribution in [0.5, 0.6) is 0 Å². The monoisotopic (exact) mass is 162 g/mol. The van der Waals surface area contributed by atoms with E-state index in [9.17, 15) is 0 Å². The average Bonchev–Trinajstić information content (AvgIpc) is 2.04. The molecule has 0 aromatic carbocycles. The van der Waals surface area contributed by atoms with E-state index in [0.29, 0.717) is 0 Å². The van der Waals surface area contributed by atoms with Crippen molar-refractivity contribution in [3.63, 3.8) is 0 Å². The fraction of sp³-hybridized carbons (Fsp3) is 0.500. The molecule has 2 heteroatoms. The van der Waals surface area contributed by atoms with Crippen LogP contribution in [-0.2, 0) is 6.42 Å². The summed E-state index contributed by atoms with van der Waals surface area (Å²) in [5.74, 6) is 1.17. The Balaban J connectivity index is 2.46. The highest BCUT2D eigenvalue weighted by Crippen LogP contribution is 2.23. The summed E-state index contributed by atoms with van der Waals surface area (Å²) >= 11 is 0. The lowest BCUT2D eigenvalue weighted by Crippen LogP contribution is -2.25. The highest BCUT2D eigenvalue weighted by atomic mass is 15.2. The molecule has 0 saturated carbocycles. The molecule has 0 unspecified atom stereocenters. The summed E-state index contributed by atoms with van der Waals surface area (Å²) in [4.78, 5) is 6.66. The van der Waals surface area contributed by atoms with Crippen molar-refractivity contribution in [2.24, 2.45) is 0 Å². The zero-order chi connectivity index (χ0) is 8.55. The lowest BCUT2D eigenvalue weighted by atomic mass is 10.0. The van der Waals surface area contributed by atoms with Crippen molar-refractivity contribution in [1.82, 2.24) is 4.98 Å². The van der Waals surface area contributed by atoms with Crippen molar-refractivity contribution in [2.45, 2.75) is 19.8 Å². The van der Waals surface area contributed by atoms with E-state index >= 15 is 0 Å². The molecule has 1 aliphatic heterocycles. The van der Waals surface area contributed by atoms with Gasteiger partial charge < -0.3 is 4.90 Å². The quantitative estimate of drug-likeness (QED) is 0.578. The molecule has 0 amide bonds. The lowest BCUT2D eigenvalue weighted by Gasteiger charge is -2.26. The van der Waals surface area contributed by atoms with E-state index in [4.69, 9.17) is 0 Å². The normalized spacial score (nSPS) is 16.0. The predicted molar refractivity (Wildman–Crippen MR) is 50.6 cm³/mol. The Morgan fingerprint density at radius 3 is 3.17 bits per heavy atom. The number of rotatable bonds is 0. The maximum atomic E-state index is 4.43. The van der Waals surface area contributed by atoms with Crippen LogP contribution in [-0.4, -0.2) is 18.6 Å². The fourth-order valence-corrected chi connectivity index (χ4v) is 1.76. The van der Waals surface area contributed by atoms with Crippen LogP contribution in [0.3, 0.4) is 0 Å². The van der Waals surface area contributed by atoms with Crippen LogP contribution in [0.1, 0.15) is 17.5 Å². The van der Waals surface area contributed by atoms with Crippen LogP contribution in [0, 0.1) is 6.92 Å². The Kier molecular flexibility index (Phi) is 1.75. The first kappa shape index (κ1) is 7.59. The van der Waals surface area contributed by atoms with E-state index in [1.165, 1.54) is 29.8 Å². The minimum atomic E-state index is 1.14. The van der Waals surface area contributed by atoms with Crippen molar-refractivity contribution < 1.29 is 0 Å². The molecule has 2 heterocycles. The van der Waals surface area contributed by atoms with Crippen molar-refractivity contribution in [3.8, 4) is 0 Å². The molecule has 0 bridgehead atoms. The summed E-state index contributed by atoms with van der Waals surface area (Å²) in [7, 11) is 2.11. The third-order valence-corrected chi connectivity index (χ3v) is 2.38. The molecule has 0 atom stereocenters. The van der Waals surface area contributed by atoms with Gasteiger partial charge in [0.2, 0.25) is 0 Å². The molecule has 1 aliphatic rings. The van der Waals surface area contributed by atoms with Gasteiger partial charge in [-0.2, -0.15) is 0 Å². The standard InChI is InChI=1S/C10H14N2/c1-8-6-9-4-3-5-12(2)10(9)11-7-8/h6-7H,3-5H2,1-2H3. The Morgan fingerprint density at radius 2 is 2.33 bits per heavy atom. The molecular weight excluding hydrogens is 148 g/mol. The number of nitrogens with zero attached hydrogens (tertiary/aromatic N) is 2. The van der Waals surface area contributed by atoms with Crippen LogP contribution >= 0.6 is 0 Å². The first-order chi connectivity index (χ1) is 5.77. The molecule has 64 valence electrons. The van der Waals surface area contributed by atoms with Crippen molar-refractivity contribution >= 4 is 5.82 Å². The number of aryl methyl sites for hydroxylation is 2. The van der Waals surface area contributed by atoms with E-state index in [1.807, 2.05) is 6.20 Å². The third-order valence-electron chi connectivity index (χ3n) is 2.38. The van der Waals surface area contributed by atoms with Gasteiger partial charge in [0.05, 0.1) is 0 Å². The van der Waals surface area contributed by atoms with E-state index < -0.39 is 0 Å². The Morgan fingerprint density at radius 1 is 1.50 bits per heavy atom. The molecular formula is C10H14N2. The molecule has 0 fully saturated rings. The Bertz CT molecular complexity index is 294. The minimum Gasteiger partial charge on any atom is -0.359 e. The van der Waals surface area contributed by atoms with Crippen molar-refractivity contribution in [1.29, 1.82) is 0 Å². The first-order valence-electron chi connectivity index (χ1n) is 4.44. The van der Waals surface area contributed by atoms with E-state index in [1.54, 1.807) is 0 Å². The zero-order valence-electron chi connectivity index (χ0n) is 7.67. The SMILES string of the molecule is Cc1cnc2c(c1)CCCN2C. The van der Waals surface area contributed by atoms with Gasteiger partial charge in [-0.25, -0.2) is 4.98 Å². The van der Waals surface area contributed by atoms with E-state index in [-0.39, 0.29) is 0 Å². The molecule has 0 radical (unpaired) electrons. The van der Waals surface area contributed by atoms with Gasteiger partial charge in [0, 0.05) is 19.8 Å². The predicted octanol–water partition coefficient (Wildman–Crippen LogP) is 1.77. The number of aromatic nitrogens is 1. The maximum Gasteiger partial charge on any atom is 0.131 e. The number of fused-ring (bicyclic) bond motifs is 1. The second-order valence-corrected chi connectivity index (χ2v) is 3.52. The summed E-state index contributed by atoms with van der Waals surface area (Å²) in [6.45, 7) is 3.24. The van der Waals surface area contributed by atoms with Gasteiger partial charge in [-0.05, 0) is 30.9 Å². The Hall–Kier alpha value is -1.05. The molecule has 0 aliphatic carbocycles.